The maximum absolute atomic E-state index is 14.1. The third-order valence-corrected chi connectivity index (χ3v) is 7.91. The lowest BCUT2D eigenvalue weighted by molar-refractivity contribution is -0.141. The molecule has 2 saturated carbocycles. The average molecular weight is 438 g/mol. The zero-order valence-electron chi connectivity index (χ0n) is 18.5. The minimum Gasteiger partial charge on any atom is -0.481 e. The SMILES string of the molecule is COC1CCC2(CC1)Cc1ccc(C#CC3CC3)cc1C21NC(N)N(CCC(=O)O)C1=O. The van der Waals surface area contributed by atoms with Crippen LogP contribution in [0.1, 0.15) is 61.6 Å². The first-order chi connectivity index (χ1) is 15.4. The molecule has 2 atom stereocenters. The minimum atomic E-state index is -0.948. The largest absolute Gasteiger partial charge is 0.481 e. The first-order valence-electron chi connectivity index (χ1n) is 11.6. The first-order valence-corrected chi connectivity index (χ1v) is 11.6. The fourth-order valence-corrected chi connectivity index (χ4v) is 6.02. The van der Waals surface area contributed by atoms with Gasteiger partial charge in [0.05, 0.1) is 12.5 Å². The molecule has 1 amide bonds. The molecule has 2 spiro atoms. The Morgan fingerprint density at radius 2 is 2.06 bits per heavy atom. The summed E-state index contributed by atoms with van der Waals surface area (Å²) in [6.07, 6.45) is 5.96. The zero-order chi connectivity index (χ0) is 22.5. The number of nitrogens with zero attached hydrogens (tertiary/aromatic N) is 1. The van der Waals surface area contributed by atoms with Gasteiger partial charge in [0.1, 0.15) is 11.8 Å². The number of methoxy groups -OCH3 is 1. The minimum absolute atomic E-state index is 0.0946. The number of benzene rings is 1. The lowest BCUT2D eigenvalue weighted by atomic mass is 9.61. The summed E-state index contributed by atoms with van der Waals surface area (Å²) in [5.74, 6) is 6.07. The molecule has 4 N–H and O–H groups in total. The first kappa shape index (κ1) is 21.4. The summed E-state index contributed by atoms with van der Waals surface area (Å²) in [6.45, 7) is 0.0946. The molecule has 1 aromatic carbocycles. The molecule has 0 bridgehead atoms. The van der Waals surface area contributed by atoms with E-state index in [-0.39, 0.29) is 30.4 Å². The number of ether oxygens (including phenoxy) is 1. The molecule has 7 heteroatoms. The van der Waals surface area contributed by atoms with Crippen LogP contribution in [0.5, 0.6) is 0 Å². The van der Waals surface area contributed by atoms with Gasteiger partial charge in [-0.15, -0.1) is 0 Å². The van der Waals surface area contributed by atoms with E-state index in [1.165, 1.54) is 17.7 Å². The number of aliphatic carboxylic acids is 1. The van der Waals surface area contributed by atoms with Crippen molar-refractivity contribution in [1.29, 1.82) is 0 Å². The van der Waals surface area contributed by atoms with E-state index in [1.807, 2.05) is 0 Å². The van der Waals surface area contributed by atoms with Gasteiger partial charge in [-0.3, -0.25) is 20.6 Å². The van der Waals surface area contributed by atoms with E-state index in [0.29, 0.717) is 5.92 Å². The van der Waals surface area contributed by atoms with Gasteiger partial charge < -0.3 is 14.7 Å². The van der Waals surface area contributed by atoms with Crippen LogP contribution in [0.15, 0.2) is 18.2 Å². The zero-order valence-corrected chi connectivity index (χ0v) is 18.5. The molecule has 32 heavy (non-hydrogen) atoms. The molecule has 3 aliphatic carbocycles. The Morgan fingerprint density at radius 1 is 1.31 bits per heavy atom. The third-order valence-electron chi connectivity index (χ3n) is 7.91. The fourth-order valence-electron chi connectivity index (χ4n) is 6.02. The van der Waals surface area contributed by atoms with Crippen LogP contribution in [0.4, 0.5) is 0 Å². The third kappa shape index (κ3) is 3.33. The molecular formula is C25H31N3O4. The van der Waals surface area contributed by atoms with Gasteiger partial charge in [0.25, 0.3) is 0 Å². The summed E-state index contributed by atoms with van der Waals surface area (Å²) >= 11 is 0. The number of carbonyl (C=O) groups is 2. The topological polar surface area (TPSA) is 105 Å². The van der Waals surface area contributed by atoms with Crippen LogP contribution in [0.25, 0.3) is 0 Å². The van der Waals surface area contributed by atoms with Gasteiger partial charge in [0, 0.05) is 30.6 Å². The summed E-state index contributed by atoms with van der Waals surface area (Å²) in [6, 6.07) is 6.25. The van der Waals surface area contributed by atoms with Gasteiger partial charge >= 0.3 is 5.97 Å². The van der Waals surface area contributed by atoms with Crippen molar-refractivity contribution in [3.8, 4) is 11.8 Å². The number of carbonyl (C=O) groups excluding carboxylic acids is 1. The smallest absolute Gasteiger partial charge is 0.305 e. The molecule has 4 aliphatic rings. The average Bonchev–Trinajstić information content (AvgIpc) is 3.52. The van der Waals surface area contributed by atoms with Gasteiger partial charge in [0.15, 0.2) is 0 Å². The van der Waals surface area contributed by atoms with E-state index in [1.54, 1.807) is 7.11 Å². The maximum atomic E-state index is 14.1. The van der Waals surface area contributed by atoms with Gasteiger partial charge in [-0.05, 0) is 68.2 Å². The highest BCUT2D eigenvalue weighted by atomic mass is 16.5. The van der Waals surface area contributed by atoms with Crippen molar-refractivity contribution in [2.24, 2.45) is 17.1 Å². The van der Waals surface area contributed by atoms with E-state index in [4.69, 9.17) is 10.5 Å². The molecule has 1 heterocycles. The Balaban J connectivity index is 1.57. The standard InChI is InChI=1S/C25H31N3O4/c1-32-19-8-11-24(12-9-19)15-18-7-6-17(5-4-16-2-3-16)14-20(18)25(24)22(31)28(23(26)27-25)13-10-21(29)30/h6-7,14,16,19,23,27H,2-3,8-13,15,26H2,1H3,(H,29,30). The van der Waals surface area contributed by atoms with Crippen LogP contribution in [0, 0.1) is 23.2 Å². The highest BCUT2D eigenvalue weighted by molar-refractivity contribution is 5.93. The number of carboxylic acids is 1. The summed E-state index contributed by atoms with van der Waals surface area (Å²) in [5.41, 5.74) is 8.20. The molecule has 0 aromatic heterocycles. The predicted octanol–water partition coefficient (Wildman–Crippen LogP) is 1.92. The molecule has 1 saturated heterocycles. The molecule has 7 nitrogen and oxygen atoms in total. The molecule has 0 radical (unpaired) electrons. The number of hydrogen-bond donors (Lipinski definition) is 3. The van der Waals surface area contributed by atoms with Crippen molar-refractivity contribution in [2.45, 2.75) is 69.3 Å². The second-order valence-corrected chi connectivity index (χ2v) is 9.79. The number of rotatable bonds is 4. The summed E-state index contributed by atoms with van der Waals surface area (Å²) < 4.78 is 5.61. The summed E-state index contributed by atoms with van der Waals surface area (Å²) in [7, 11) is 1.75. The van der Waals surface area contributed by atoms with E-state index in [9.17, 15) is 14.7 Å². The van der Waals surface area contributed by atoms with Crippen molar-refractivity contribution >= 4 is 11.9 Å². The van der Waals surface area contributed by atoms with Crippen molar-refractivity contribution in [2.75, 3.05) is 13.7 Å². The van der Waals surface area contributed by atoms with Gasteiger partial charge in [-0.2, -0.15) is 0 Å². The highest BCUT2D eigenvalue weighted by Crippen LogP contribution is 2.60. The quantitative estimate of drug-likeness (QED) is 0.622. The molecule has 170 valence electrons. The van der Waals surface area contributed by atoms with Crippen molar-refractivity contribution in [3.63, 3.8) is 0 Å². The Morgan fingerprint density at radius 3 is 2.72 bits per heavy atom. The molecular weight excluding hydrogens is 406 g/mol. The van der Waals surface area contributed by atoms with Crippen LogP contribution in [0.3, 0.4) is 0 Å². The van der Waals surface area contributed by atoms with Crippen LogP contribution >= 0.6 is 0 Å². The predicted molar refractivity (Wildman–Crippen MR) is 118 cm³/mol. The number of amides is 1. The van der Waals surface area contributed by atoms with E-state index in [0.717, 1.165) is 48.8 Å². The number of nitrogens with two attached hydrogens (primary N) is 1. The number of hydrogen-bond acceptors (Lipinski definition) is 5. The van der Waals surface area contributed by atoms with Crippen LogP contribution in [-0.4, -0.2) is 47.9 Å². The van der Waals surface area contributed by atoms with Gasteiger partial charge in [-0.25, -0.2) is 0 Å². The van der Waals surface area contributed by atoms with E-state index in [2.05, 4.69) is 35.4 Å². The molecule has 3 fully saturated rings. The van der Waals surface area contributed by atoms with Crippen LogP contribution < -0.4 is 11.1 Å². The number of nitrogens with one attached hydrogen (secondary N) is 1. The monoisotopic (exact) mass is 437 g/mol. The van der Waals surface area contributed by atoms with Gasteiger partial charge in [-0.1, -0.05) is 17.9 Å². The van der Waals surface area contributed by atoms with Crippen molar-refractivity contribution < 1.29 is 19.4 Å². The van der Waals surface area contributed by atoms with Crippen LogP contribution in [-0.2, 0) is 26.3 Å². The van der Waals surface area contributed by atoms with Gasteiger partial charge in [0.2, 0.25) is 5.91 Å². The fraction of sp³-hybridized carbons (Fsp3) is 0.600. The van der Waals surface area contributed by atoms with E-state index < -0.39 is 17.8 Å². The number of carboxylic acid groups (broad SMARTS) is 1. The van der Waals surface area contributed by atoms with Crippen molar-refractivity contribution in [1.82, 2.24) is 10.2 Å². The Labute approximate surface area is 188 Å². The lowest BCUT2D eigenvalue weighted by Crippen LogP contribution is -2.57. The Kier molecular flexibility index (Phi) is 5.28. The molecule has 5 rings (SSSR count). The second-order valence-electron chi connectivity index (χ2n) is 9.79. The summed E-state index contributed by atoms with van der Waals surface area (Å²) in [5, 5.41) is 12.7. The van der Waals surface area contributed by atoms with Crippen LogP contribution in [0.2, 0.25) is 0 Å². The highest BCUT2D eigenvalue weighted by Gasteiger charge is 2.67. The normalized spacial score (nSPS) is 33.4. The molecule has 2 unspecified atom stereocenters. The Hall–Kier alpha value is -2.40. The van der Waals surface area contributed by atoms with E-state index >= 15 is 0 Å². The summed E-state index contributed by atoms with van der Waals surface area (Å²) in [4.78, 5) is 26.8. The maximum Gasteiger partial charge on any atom is 0.305 e. The Bertz CT molecular complexity index is 1000. The molecule has 1 aromatic rings. The second kappa shape index (κ2) is 7.87. The molecule has 1 aliphatic heterocycles. The van der Waals surface area contributed by atoms with Crippen molar-refractivity contribution in [3.05, 3.63) is 34.9 Å². The number of fused-ring (bicyclic) bond motifs is 3. The lowest BCUT2D eigenvalue weighted by Gasteiger charge is -2.46.